The number of hydrogen-bond donors (Lipinski definition) is 1. The van der Waals surface area contributed by atoms with Gasteiger partial charge in [0.05, 0.1) is 0 Å². The number of hydrogen-bond acceptors (Lipinski definition) is 1. The van der Waals surface area contributed by atoms with Crippen molar-refractivity contribution in [2.45, 2.75) is 12.5 Å². The minimum atomic E-state index is -2.68. The molecule has 0 saturated heterocycles. The lowest BCUT2D eigenvalue weighted by molar-refractivity contribution is -0.0350. The smallest absolute Gasteiger partial charge is 0.230 e. The minimum absolute atomic E-state index is 1.47. The van der Waals surface area contributed by atoms with Crippen LogP contribution in [-0.2, 0) is 0 Å². The molecule has 1 N–H and O–H groups in total. The SMILES string of the molecule is OC(F)C(F)CF. The molecule has 0 rings (SSSR count). The van der Waals surface area contributed by atoms with Gasteiger partial charge in [-0.25, -0.2) is 13.2 Å². The lowest BCUT2D eigenvalue weighted by Crippen LogP contribution is -2.17. The fraction of sp³-hybridized carbons (Fsp3) is 1.00. The van der Waals surface area contributed by atoms with E-state index >= 15 is 0 Å². The van der Waals surface area contributed by atoms with Crippen LogP contribution in [0, 0.1) is 0 Å². The summed E-state index contributed by atoms with van der Waals surface area (Å²) in [5.41, 5.74) is 0. The predicted molar refractivity (Wildman–Crippen MR) is 18.0 cm³/mol. The first-order valence-corrected chi connectivity index (χ1v) is 1.70. The Balaban J connectivity index is 3.14. The van der Waals surface area contributed by atoms with Gasteiger partial charge in [-0.1, -0.05) is 0 Å². The first-order valence-electron chi connectivity index (χ1n) is 1.70. The molecule has 2 atom stereocenters. The molecule has 1 nitrogen and oxygen atoms in total. The van der Waals surface area contributed by atoms with E-state index in [2.05, 4.69) is 0 Å². The van der Waals surface area contributed by atoms with Crippen LogP contribution in [0.4, 0.5) is 13.2 Å². The Morgan fingerprint density at radius 1 is 1.43 bits per heavy atom. The highest BCUT2D eigenvalue weighted by Crippen LogP contribution is 1.99. The fourth-order valence-electron chi connectivity index (χ4n) is 0.0735. The number of aliphatic hydroxyl groups is 1. The van der Waals surface area contributed by atoms with Gasteiger partial charge in [-0.15, -0.1) is 0 Å². The van der Waals surface area contributed by atoms with Crippen LogP contribution in [0.2, 0.25) is 0 Å². The zero-order valence-electron chi connectivity index (χ0n) is 3.44. The molecule has 0 radical (unpaired) electrons. The van der Waals surface area contributed by atoms with Gasteiger partial charge in [-0.3, -0.25) is 0 Å². The summed E-state index contributed by atoms with van der Waals surface area (Å²) in [4.78, 5) is 0. The highest BCUT2D eigenvalue weighted by atomic mass is 19.2. The molecule has 0 aromatic heterocycles. The average molecular weight is 114 g/mol. The Morgan fingerprint density at radius 3 is 1.86 bits per heavy atom. The van der Waals surface area contributed by atoms with Crippen molar-refractivity contribution < 1.29 is 18.3 Å². The van der Waals surface area contributed by atoms with E-state index in [9.17, 15) is 13.2 Å². The van der Waals surface area contributed by atoms with Crippen LogP contribution in [-0.4, -0.2) is 24.3 Å². The van der Waals surface area contributed by atoms with Gasteiger partial charge < -0.3 is 5.11 Å². The molecule has 0 aliphatic rings. The summed E-state index contributed by atoms with van der Waals surface area (Å²) in [5, 5.41) is 7.54. The van der Waals surface area contributed by atoms with Gasteiger partial charge in [-0.2, -0.15) is 0 Å². The normalized spacial score (nSPS) is 18.9. The Bertz CT molecular complexity index is 47.4. The fourth-order valence-corrected chi connectivity index (χ4v) is 0.0735. The van der Waals surface area contributed by atoms with E-state index in [1.54, 1.807) is 0 Å². The molecule has 0 spiro atoms. The summed E-state index contributed by atoms with van der Waals surface area (Å²) in [6.07, 6.45) is -5.05. The van der Waals surface area contributed by atoms with Crippen molar-refractivity contribution in [2.24, 2.45) is 0 Å². The van der Waals surface area contributed by atoms with Crippen molar-refractivity contribution in [3.05, 3.63) is 0 Å². The molecular formula is C3H5F3O. The Hall–Kier alpha value is -0.250. The van der Waals surface area contributed by atoms with Crippen molar-refractivity contribution in [3.8, 4) is 0 Å². The van der Waals surface area contributed by atoms with Gasteiger partial charge in [0.2, 0.25) is 6.36 Å². The molecule has 4 heteroatoms. The number of aliphatic hydroxyl groups excluding tert-OH is 1. The van der Waals surface area contributed by atoms with E-state index in [4.69, 9.17) is 5.11 Å². The largest absolute Gasteiger partial charge is 0.362 e. The maximum Gasteiger partial charge on any atom is 0.230 e. The van der Waals surface area contributed by atoms with Crippen LogP contribution in [0.15, 0.2) is 0 Å². The van der Waals surface area contributed by atoms with Crippen molar-refractivity contribution in [1.82, 2.24) is 0 Å². The van der Waals surface area contributed by atoms with Crippen molar-refractivity contribution in [3.63, 3.8) is 0 Å². The van der Waals surface area contributed by atoms with Crippen LogP contribution in [0.25, 0.3) is 0 Å². The molecule has 0 amide bonds. The van der Waals surface area contributed by atoms with Gasteiger partial charge >= 0.3 is 0 Å². The molecule has 0 bridgehead atoms. The lowest BCUT2D eigenvalue weighted by atomic mass is 10.4. The van der Waals surface area contributed by atoms with Crippen molar-refractivity contribution >= 4 is 0 Å². The standard InChI is InChI=1S/C3H5F3O/c4-1-2(5)3(6)7/h2-3,7H,1H2. The first kappa shape index (κ1) is 6.75. The molecule has 44 valence electrons. The highest BCUT2D eigenvalue weighted by Gasteiger charge is 2.15. The third-order valence-electron chi connectivity index (χ3n) is 0.446. The molecule has 0 heterocycles. The third-order valence-corrected chi connectivity index (χ3v) is 0.446. The number of rotatable bonds is 2. The van der Waals surface area contributed by atoms with Crippen LogP contribution >= 0.6 is 0 Å². The molecule has 2 unspecified atom stereocenters. The maximum atomic E-state index is 11.3. The zero-order chi connectivity index (χ0) is 5.86. The summed E-state index contributed by atoms with van der Waals surface area (Å²) >= 11 is 0. The predicted octanol–water partition coefficient (Wildman–Crippen LogP) is 0.582. The number of alkyl halides is 3. The van der Waals surface area contributed by atoms with E-state index in [-0.39, 0.29) is 0 Å². The van der Waals surface area contributed by atoms with E-state index in [0.29, 0.717) is 0 Å². The van der Waals surface area contributed by atoms with E-state index < -0.39 is 19.2 Å². The van der Waals surface area contributed by atoms with E-state index in [1.807, 2.05) is 0 Å². The van der Waals surface area contributed by atoms with Crippen molar-refractivity contribution in [2.75, 3.05) is 6.67 Å². The van der Waals surface area contributed by atoms with Gasteiger partial charge in [-0.05, 0) is 0 Å². The zero-order valence-corrected chi connectivity index (χ0v) is 3.44. The van der Waals surface area contributed by atoms with E-state index in [1.165, 1.54) is 0 Å². The monoisotopic (exact) mass is 114 g/mol. The Labute approximate surface area is 38.8 Å². The third kappa shape index (κ3) is 2.45. The van der Waals surface area contributed by atoms with Crippen LogP contribution in [0.5, 0.6) is 0 Å². The molecular weight excluding hydrogens is 109 g/mol. The quantitative estimate of drug-likeness (QED) is 0.556. The maximum absolute atomic E-state index is 11.3. The summed E-state index contributed by atoms with van der Waals surface area (Å²) in [5.74, 6) is 0. The van der Waals surface area contributed by atoms with Crippen LogP contribution in [0.1, 0.15) is 0 Å². The summed E-state index contributed by atoms with van der Waals surface area (Å²) < 4.78 is 33.2. The van der Waals surface area contributed by atoms with Crippen LogP contribution < -0.4 is 0 Å². The van der Waals surface area contributed by atoms with E-state index in [0.717, 1.165) is 0 Å². The second-order valence-corrected chi connectivity index (χ2v) is 1.04. The second-order valence-electron chi connectivity index (χ2n) is 1.04. The molecule has 0 aliphatic carbocycles. The lowest BCUT2D eigenvalue weighted by Gasteiger charge is -1.99. The molecule has 0 saturated carbocycles. The van der Waals surface area contributed by atoms with Gasteiger partial charge in [0.15, 0.2) is 6.17 Å². The molecule has 0 aromatic carbocycles. The topological polar surface area (TPSA) is 20.2 Å². The van der Waals surface area contributed by atoms with Gasteiger partial charge in [0.25, 0.3) is 0 Å². The van der Waals surface area contributed by atoms with Gasteiger partial charge in [0.1, 0.15) is 6.67 Å². The summed E-state index contributed by atoms with van der Waals surface area (Å²) in [6.45, 7) is -1.47. The van der Waals surface area contributed by atoms with Gasteiger partial charge in [0, 0.05) is 0 Å². The first-order chi connectivity index (χ1) is 3.18. The summed E-state index contributed by atoms with van der Waals surface area (Å²) in [7, 11) is 0. The molecule has 0 aromatic rings. The summed E-state index contributed by atoms with van der Waals surface area (Å²) in [6, 6.07) is 0. The molecule has 7 heavy (non-hydrogen) atoms. The average Bonchev–Trinajstić information content (AvgIpc) is 1.65. The minimum Gasteiger partial charge on any atom is -0.362 e. The molecule has 0 aliphatic heterocycles. The molecule has 0 fully saturated rings. The van der Waals surface area contributed by atoms with Crippen molar-refractivity contribution in [1.29, 1.82) is 0 Å². The highest BCUT2D eigenvalue weighted by molar-refractivity contribution is 4.52. The Morgan fingerprint density at radius 2 is 1.86 bits per heavy atom. The van der Waals surface area contributed by atoms with Crippen LogP contribution in [0.3, 0.4) is 0 Å². The Kier molecular flexibility index (Phi) is 2.75. The second kappa shape index (κ2) is 2.85. The number of halogens is 3.